The normalized spacial score (nSPS) is 11.4. The van der Waals surface area contributed by atoms with E-state index < -0.39 is 9.05 Å². The Balaban J connectivity index is 2.09. The van der Waals surface area contributed by atoms with Gasteiger partial charge in [-0.2, -0.15) is 4.21 Å². The third-order valence-corrected chi connectivity index (χ3v) is 4.76. The summed E-state index contributed by atoms with van der Waals surface area (Å²) in [6, 6.07) is 7.89. The van der Waals surface area contributed by atoms with Gasteiger partial charge in [-0.15, -0.1) is 0 Å². The van der Waals surface area contributed by atoms with Crippen LogP contribution < -0.4 is 5.73 Å². The van der Waals surface area contributed by atoms with Gasteiger partial charge in [0.2, 0.25) is 0 Å². The molecule has 0 bridgehead atoms. The molecule has 1 aromatic carbocycles. The van der Waals surface area contributed by atoms with E-state index in [0.29, 0.717) is 16.1 Å². The van der Waals surface area contributed by atoms with Gasteiger partial charge in [0.05, 0.1) is 0 Å². The molecule has 0 spiro atoms. The highest BCUT2D eigenvalue weighted by molar-refractivity contribution is 8.34. The van der Waals surface area contributed by atoms with Gasteiger partial charge in [0, 0.05) is 12.1 Å². The van der Waals surface area contributed by atoms with Crippen LogP contribution in [0, 0.1) is 0 Å². The smallest absolute Gasteiger partial charge is 0.399 e. The van der Waals surface area contributed by atoms with Gasteiger partial charge < -0.3 is 5.73 Å². The maximum atomic E-state index is 10.6. The topological polar surface area (TPSA) is 83.6 Å². The molecule has 0 amide bonds. The zero-order valence-corrected chi connectivity index (χ0v) is 11.9. The molecule has 0 unspecified atom stereocenters. The van der Waals surface area contributed by atoms with Crippen molar-refractivity contribution in [3.05, 3.63) is 29.8 Å². The lowest BCUT2D eigenvalue weighted by molar-refractivity contribution is 0.450. The number of anilines is 1. The summed E-state index contributed by atoms with van der Waals surface area (Å²) in [5.41, 5.74) is 7.67. The number of rotatable bonds is 7. The van der Waals surface area contributed by atoms with Crippen LogP contribution in [0.3, 0.4) is 0 Å². The lowest BCUT2D eigenvalue weighted by Gasteiger charge is -2.01. The Bertz CT molecular complexity index is 457. The molecule has 0 atom stereocenters. The van der Waals surface area contributed by atoms with Crippen LogP contribution in [0.1, 0.15) is 31.2 Å². The molecule has 0 aliphatic heterocycles. The quantitative estimate of drug-likeness (QED) is 0.409. The maximum Gasteiger partial charge on any atom is 0.430 e. The number of unbranched alkanes of at least 4 members (excludes halogenated alkanes) is 3. The number of hydrogen-bond acceptors (Lipinski definition) is 2. The van der Waals surface area contributed by atoms with Crippen molar-refractivity contribution < 1.29 is 13.3 Å². The fourth-order valence-corrected chi connectivity index (χ4v) is 3.18. The van der Waals surface area contributed by atoms with E-state index in [2.05, 4.69) is 0 Å². The van der Waals surface area contributed by atoms with Gasteiger partial charge in [0.1, 0.15) is 0 Å². The molecular weight excluding hydrogens is 270 g/mol. The van der Waals surface area contributed by atoms with Gasteiger partial charge >= 0.3 is 9.05 Å². The van der Waals surface area contributed by atoms with Crippen LogP contribution in [0.5, 0.6) is 0 Å². The standard InChI is InChI=1S/C12H19NO3S2/c13-12-8-6-11(7-9-12)5-3-1-2-4-10-17-18(14,15)16/h6-9H,1-5,10,13H2,(H-,14,15,16)/p+1. The van der Waals surface area contributed by atoms with Crippen LogP contribution >= 0.6 is 0 Å². The van der Waals surface area contributed by atoms with Crippen molar-refractivity contribution in [1.82, 2.24) is 0 Å². The van der Waals surface area contributed by atoms with Gasteiger partial charge in [-0.25, -0.2) is 0 Å². The zero-order valence-electron chi connectivity index (χ0n) is 10.2. The largest absolute Gasteiger partial charge is 0.430 e. The van der Waals surface area contributed by atoms with E-state index in [4.69, 9.17) is 14.8 Å². The number of aryl methyl sites for hydroxylation is 1. The monoisotopic (exact) mass is 290 g/mol. The van der Waals surface area contributed by atoms with E-state index in [1.54, 1.807) is 0 Å². The SMILES string of the molecule is Nc1ccc(CCCCCC[S+]=S(=O)(O)O)cc1. The molecule has 0 saturated heterocycles. The van der Waals surface area contributed by atoms with Crippen molar-refractivity contribution in [2.45, 2.75) is 32.1 Å². The lowest BCUT2D eigenvalue weighted by atomic mass is 10.1. The van der Waals surface area contributed by atoms with Gasteiger partial charge in [-0.05, 0) is 37.0 Å². The Morgan fingerprint density at radius 2 is 1.67 bits per heavy atom. The molecule has 18 heavy (non-hydrogen) atoms. The van der Waals surface area contributed by atoms with Crippen LogP contribution in [0.25, 0.3) is 0 Å². The van der Waals surface area contributed by atoms with E-state index in [0.717, 1.165) is 37.8 Å². The second-order valence-electron chi connectivity index (χ2n) is 4.18. The molecule has 0 radical (unpaired) electrons. The van der Waals surface area contributed by atoms with Crippen LogP contribution in [-0.4, -0.2) is 19.1 Å². The molecule has 6 heteroatoms. The van der Waals surface area contributed by atoms with Crippen molar-refractivity contribution in [2.75, 3.05) is 11.5 Å². The molecule has 0 saturated carbocycles. The van der Waals surface area contributed by atoms with E-state index in [9.17, 15) is 4.21 Å². The van der Waals surface area contributed by atoms with Crippen molar-refractivity contribution in [3.8, 4) is 0 Å². The van der Waals surface area contributed by atoms with E-state index in [-0.39, 0.29) is 0 Å². The van der Waals surface area contributed by atoms with Crippen LogP contribution in [-0.2, 0) is 25.8 Å². The second kappa shape index (κ2) is 7.68. The first-order valence-corrected chi connectivity index (χ1v) is 8.93. The fraction of sp³-hybridized carbons (Fsp3) is 0.500. The highest BCUT2D eigenvalue weighted by Crippen LogP contribution is 2.10. The molecule has 102 valence electrons. The minimum absolute atomic E-state index is 0.522. The first-order chi connectivity index (χ1) is 8.47. The van der Waals surface area contributed by atoms with Gasteiger partial charge in [0.15, 0.2) is 5.75 Å². The Morgan fingerprint density at radius 1 is 1.06 bits per heavy atom. The Hall–Kier alpha value is -0.690. The van der Waals surface area contributed by atoms with Crippen molar-refractivity contribution in [1.29, 1.82) is 0 Å². The number of benzene rings is 1. The predicted octanol–water partition coefficient (Wildman–Crippen LogP) is 2.60. The number of nitrogens with two attached hydrogens (primary N) is 1. The highest BCUT2D eigenvalue weighted by Gasteiger charge is 2.08. The van der Waals surface area contributed by atoms with Crippen LogP contribution in [0.2, 0.25) is 0 Å². The third kappa shape index (κ3) is 7.60. The summed E-state index contributed by atoms with van der Waals surface area (Å²) in [7, 11) is -2.89. The average molecular weight is 290 g/mol. The first kappa shape index (κ1) is 15.4. The first-order valence-electron chi connectivity index (χ1n) is 5.95. The summed E-state index contributed by atoms with van der Waals surface area (Å²) in [5, 5.41) is 0. The van der Waals surface area contributed by atoms with E-state index >= 15 is 0 Å². The molecule has 4 N–H and O–H groups in total. The molecule has 1 aromatic rings. The zero-order chi connectivity index (χ0) is 13.4. The molecule has 0 aliphatic carbocycles. The summed E-state index contributed by atoms with van der Waals surface area (Å²) in [5.74, 6) is 0.522. The number of hydrogen-bond donors (Lipinski definition) is 3. The van der Waals surface area contributed by atoms with Gasteiger partial charge in [-0.3, -0.25) is 9.11 Å². The maximum absolute atomic E-state index is 10.6. The Labute approximate surface area is 112 Å². The lowest BCUT2D eigenvalue weighted by Crippen LogP contribution is -1.98. The van der Waals surface area contributed by atoms with Crippen molar-refractivity contribution in [2.24, 2.45) is 0 Å². The molecule has 0 aromatic heterocycles. The molecule has 4 nitrogen and oxygen atoms in total. The van der Waals surface area contributed by atoms with Gasteiger partial charge in [0.25, 0.3) is 10.3 Å². The summed E-state index contributed by atoms with van der Waals surface area (Å²) in [4.78, 5) is 0. The molecular formula is C12H20NO3S2+. The minimum Gasteiger partial charge on any atom is -0.399 e. The average Bonchev–Trinajstić information content (AvgIpc) is 2.29. The van der Waals surface area contributed by atoms with Crippen molar-refractivity contribution in [3.63, 3.8) is 0 Å². The summed E-state index contributed by atoms with van der Waals surface area (Å²) in [6.07, 6.45) is 5.08. The summed E-state index contributed by atoms with van der Waals surface area (Å²) in [6.45, 7) is 0. The summed E-state index contributed by atoms with van der Waals surface area (Å²) < 4.78 is 27.8. The minimum atomic E-state index is -3.61. The van der Waals surface area contributed by atoms with E-state index in [1.807, 2.05) is 24.3 Å². The second-order valence-corrected chi connectivity index (χ2v) is 7.73. The molecule has 1 rings (SSSR count). The van der Waals surface area contributed by atoms with Crippen LogP contribution in [0.15, 0.2) is 24.3 Å². The molecule has 0 aliphatic rings. The molecule has 0 heterocycles. The molecule has 0 fully saturated rings. The van der Waals surface area contributed by atoms with E-state index in [1.165, 1.54) is 5.56 Å². The van der Waals surface area contributed by atoms with Crippen molar-refractivity contribution >= 4 is 25.1 Å². The predicted molar refractivity (Wildman–Crippen MR) is 78.7 cm³/mol. The fourth-order valence-electron chi connectivity index (χ4n) is 1.64. The summed E-state index contributed by atoms with van der Waals surface area (Å²) >= 11 is 0. The number of nitrogen functional groups attached to an aromatic ring is 1. The Morgan fingerprint density at radius 3 is 2.28 bits per heavy atom. The highest BCUT2D eigenvalue weighted by atomic mass is 32.9. The Kier molecular flexibility index (Phi) is 6.56. The third-order valence-electron chi connectivity index (χ3n) is 2.58. The van der Waals surface area contributed by atoms with Gasteiger partial charge in [-0.1, -0.05) is 18.6 Å². The van der Waals surface area contributed by atoms with Crippen LogP contribution in [0.4, 0.5) is 5.69 Å².